The highest BCUT2D eigenvalue weighted by Gasteiger charge is 2.31. The number of hydrogen-bond acceptors (Lipinski definition) is 7. The first-order chi connectivity index (χ1) is 12.5. The Bertz CT molecular complexity index is 794. The van der Waals surface area contributed by atoms with Gasteiger partial charge in [-0.2, -0.15) is 15.8 Å². The number of nitriles is 3. The normalized spacial score (nSPS) is 15.0. The molecular weight excluding hydrogens is 330 g/mol. The maximum absolute atomic E-state index is 12.7. The topological polar surface area (TPSA) is 133 Å². The molecule has 134 valence electrons. The van der Waals surface area contributed by atoms with Crippen molar-refractivity contribution in [1.82, 2.24) is 5.32 Å². The lowest BCUT2D eigenvalue weighted by atomic mass is 9.90. The Kier molecular flexibility index (Phi) is 8.34. The molecule has 0 atom stereocenters. The van der Waals surface area contributed by atoms with Crippen LogP contribution in [0.15, 0.2) is 39.2 Å². The molecule has 0 amide bonds. The molecule has 0 saturated carbocycles. The summed E-state index contributed by atoms with van der Waals surface area (Å²) in [7, 11) is 0. The van der Waals surface area contributed by atoms with Gasteiger partial charge in [0, 0.05) is 13.1 Å². The fraction of sp³-hybridized carbons (Fsp3) is 0.421. The van der Waals surface area contributed by atoms with Gasteiger partial charge in [-0.3, -0.25) is 9.79 Å². The molecule has 26 heavy (non-hydrogen) atoms. The van der Waals surface area contributed by atoms with Crippen LogP contribution in [0.1, 0.15) is 39.5 Å². The van der Waals surface area contributed by atoms with Crippen LogP contribution in [-0.2, 0) is 4.79 Å². The Morgan fingerprint density at radius 2 is 1.81 bits per heavy atom. The van der Waals surface area contributed by atoms with Gasteiger partial charge in [-0.25, -0.2) is 0 Å². The molecule has 0 aromatic rings. The summed E-state index contributed by atoms with van der Waals surface area (Å²) in [4.78, 5) is 17.0. The van der Waals surface area contributed by atoms with Gasteiger partial charge in [0.1, 0.15) is 29.5 Å². The number of hydrogen-bond donors (Lipinski definition) is 2. The van der Waals surface area contributed by atoms with E-state index in [9.17, 15) is 15.2 Å². The summed E-state index contributed by atoms with van der Waals surface area (Å²) in [6, 6.07) is 4.88. The highest BCUT2D eigenvalue weighted by atomic mass is 16.3. The van der Waals surface area contributed by atoms with Gasteiger partial charge in [-0.1, -0.05) is 26.7 Å². The van der Waals surface area contributed by atoms with Crippen LogP contribution in [0, 0.1) is 34.0 Å². The quantitative estimate of drug-likeness (QED) is 0.392. The first-order valence-electron chi connectivity index (χ1n) is 8.48. The summed E-state index contributed by atoms with van der Waals surface area (Å²) >= 11 is 0. The number of aliphatic hydroxyl groups excluding tert-OH is 1. The van der Waals surface area contributed by atoms with Crippen LogP contribution >= 0.6 is 0 Å². The molecule has 7 nitrogen and oxygen atoms in total. The van der Waals surface area contributed by atoms with E-state index < -0.39 is 22.7 Å². The zero-order valence-corrected chi connectivity index (χ0v) is 15.0. The lowest BCUT2D eigenvalue weighted by molar-refractivity contribution is -0.109. The second kappa shape index (κ2) is 10.5. The molecule has 0 bridgehead atoms. The zero-order valence-electron chi connectivity index (χ0n) is 15.0. The van der Waals surface area contributed by atoms with Gasteiger partial charge >= 0.3 is 0 Å². The summed E-state index contributed by atoms with van der Waals surface area (Å²) in [5, 5.41) is 41.0. The van der Waals surface area contributed by atoms with Crippen molar-refractivity contribution < 1.29 is 9.90 Å². The highest BCUT2D eigenvalue weighted by Crippen LogP contribution is 2.26. The van der Waals surface area contributed by atoms with E-state index in [2.05, 4.69) is 10.3 Å². The maximum atomic E-state index is 12.7. The van der Waals surface area contributed by atoms with E-state index in [1.54, 1.807) is 18.2 Å². The number of unbranched alkanes of at least 4 members (excludes halogenated alkanes) is 2. The van der Waals surface area contributed by atoms with Crippen molar-refractivity contribution in [2.75, 3.05) is 13.1 Å². The van der Waals surface area contributed by atoms with Crippen LogP contribution in [0.3, 0.4) is 0 Å². The van der Waals surface area contributed by atoms with Gasteiger partial charge in [0.25, 0.3) is 0 Å². The van der Waals surface area contributed by atoms with E-state index in [4.69, 9.17) is 10.5 Å². The van der Waals surface area contributed by atoms with Crippen LogP contribution in [0.2, 0.25) is 0 Å². The molecule has 0 spiro atoms. The minimum absolute atomic E-state index is 0.0910. The molecule has 0 radical (unpaired) electrons. The Morgan fingerprint density at radius 3 is 2.35 bits per heavy atom. The number of Topliss-reactive ketones (excluding diaryl/α,β-unsaturated/α-hetero) is 1. The molecule has 1 aliphatic carbocycles. The van der Waals surface area contributed by atoms with Crippen LogP contribution in [0.5, 0.6) is 0 Å². The summed E-state index contributed by atoms with van der Waals surface area (Å²) in [6.07, 6.45) is 4.92. The number of allylic oxidation sites excluding steroid dienone is 4. The van der Waals surface area contributed by atoms with Crippen molar-refractivity contribution in [2.24, 2.45) is 4.99 Å². The average Bonchev–Trinajstić information content (AvgIpc) is 2.64. The number of aliphatic hydroxyl groups is 1. The predicted molar refractivity (Wildman–Crippen MR) is 96.7 cm³/mol. The first-order valence-corrected chi connectivity index (χ1v) is 8.48. The average molecular weight is 351 g/mol. The Balaban J connectivity index is 3.49. The van der Waals surface area contributed by atoms with E-state index in [0.717, 1.165) is 25.7 Å². The van der Waals surface area contributed by atoms with E-state index >= 15 is 0 Å². The van der Waals surface area contributed by atoms with Crippen molar-refractivity contribution in [3.05, 3.63) is 34.3 Å². The van der Waals surface area contributed by atoms with Crippen molar-refractivity contribution in [3.8, 4) is 18.2 Å². The molecule has 0 fully saturated rings. The Labute approximate surface area is 153 Å². The van der Waals surface area contributed by atoms with Crippen LogP contribution in [0.25, 0.3) is 0 Å². The largest absolute Gasteiger partial charge is 0.505 e. The molecular formula is C19H21N5O2. The molecule has 0 unspecified atom stereocenters. The van der Waals surface area contributed by atoms with Crippen LogP contribution in [0.4, 0.5) is 0 Å². The predicted octanol–water partition coefficient (Wildman–Crippen LogP) is 2.76. The van der Waals surface area contributed by atoms with Gasteiger partial charge < -0.3 is 10.4 Å². The monoisotopic (exact) mass is 351 g/mol. The summed E-state index contributed by atoms with van der Waals surface area (Å²) in [5.41, 5.74) is -0.976. The second-order valence-corrected chi connectivity index (χ2v) is 5.60. The van der Waals surface area contributed by atoms with Crippen molar-refractivity contribution >= 4 is 11.5 Å². The van der Waals surface area contributed by atoms with E-state index in [1.807, 2.05) is 13.8 Å². The number of ketones is 1. The van der Waals surface area contributed by atoms with Gasteiger partial charge in [0.05, 0.1) is 16.8 Å². The fourth-order valence-electron chi connectivity index (χ4n) is 2.26. The first kappa shape index (κ1) is 20.7. The molecule has 0 heterocycles. The number of aliphatic imine (C=N–C) groups is 1. The van der Waals surface area contributed by atoms with Crippen molar-refractivity contribution in [2.45, 2.75) is 39.5 Å². The highest BCUT2D eigenvalue weighted by molar-refractivity contribution is 6.52. The zero-order chi connectivity index (χ0) is 19.5. The van der Waals surface area contributed by atoms with Gasteiger partial charge in [-0.05, 0) is 18.9 Å². The number of nitrogens with zero attached hydrogens (tertiary/aromatic N) is 4. The van der Waals surface area contributed by atoms with Crippen molar-refractivity contribution in [1.29, 1.82) is 15.8 Å². The maximum Gasteiger partial charge on any atom is 0.216 e. The van der Waals surface area contributed by atoms with Gasteiger partial charge in [-0.15, -0.1) is 0 Å². The third kappa shape index (κ3) is 4.82. The summed E-state index contributed by atoms with van der Waals surface area (Å²) in [6.45, 7) is 5.00. The van der Waals surface area contributed by atoms with Crippen LogP contribution in [-0.4, -0.2) is 29.7 Å². The van der Waals surface area contributed by atoms with Crippen molar-refractivity contribution in [3.63, 3.8) is 0 Å². The molecule has 1 rings (SSSR count). The minimum Gasteiger partial charge on any atom is -0.505 e. The summed E-state index contributed by atoms with van der Waals surface area (Å²) < 4.78 is 0. The number of carbonyl (C=O) groups is 1. The molecule has 0 saturated heterocycles. The number of nitrogens with one attached hydrogen (secondary N) is 1. The van der Waals surface area contributed by atoms with Gasteiger partial charge in [0.15, 0.2) is 5.76 Å². The summed E-state index contributed by atoms with van der Waals surface area (Å²) in [5.74, 6) is -1.11. The van der Waals surface area contributed by atoms with Crippen LogP contribution < -0.4 is 5.32 Å². The Hall–Kier alpha value is -3.37. The lowest BCUT2D eigenvalue weighted by Crippen LogP contribution is -2.29. The van der Waals surface area contributed by atoms with E-state index in [-0.39, 0.29) is 17.0 Å². The SMILES string of the molecule is CCCCN=C1C=C(NCCCC)C(O)=C(C(C#N)=C(C#N)C#N)C1=O. The molecule has 0 aliphatic heterocycles. The van der Waals surface area contributed by atoms with Gasteiger partial charge in [0.2, 0.25) is 5.78 Å². The Morgan fingerprint density at radius 1 is 1.15 bits per heavy atom. The molecule has 1 aliphatic rings. The smallest absolute Gasteiger partial charge is 0.216 e. The minimum atomic E-state index is -0.667. The number of rotatable bonds is 8. The molecule has 2 N–H and O–H groups in total. The molecule has 7 heteroatoms. The lowest BCUT2D eigenvalue weighted by Gasteiger charge is -2.19. The van der Waals surface area contributed by atoms with E-state index in [0.29, 0.717) is 13.1 Å². The third-order valence-electron chi connectivity index (χ3n) is 3.71. The molecule has 0 aromatic heterocycles. The fourth-order valence-corrected chi connectivity index (χ4v) is 2.26. The third-order valence-corrected chi connectivity index (χ3v) is 3.71. The molecule has 0 aromatic carbocycles. The second-order valence-electron chi connectivity index (χ2n) is 5.60. The number of carbonyl (C=O) groups excluding carboxylic acids is 1. The van der Waals surface area contributed by atoms with E-state index in [1.165, 1.54) is 6.08 Å². The standard InChI is InChI=1S/C19H21N5O2/c1-3-5-7-23-15-9-16(24-8-6-4-2)19(26)17(18(15)25)14(12-22)13(10-20)11-21/h9,23,25H,3-8H2,1-2H3.